The highest BCUT2D eigenvalue weighted by Crippen LogP contribution is 2.23. The van der Waals surface area contributed by atoms with Gasteiger partial charge < -0.3 is 15.2 Å². The van der Waals surface area contributed by atoms with Gasteiger partial charge in [-0.1, -0.05) is 48.0 Å². The van der Waals surface area contributed by atoms with Gasteiger partial charge in [0.15, 0.2) is 0 Å². The summed E-state index contributed by atoms with van der Waals surface area (Å²) >= 11 is 0. The lowest BCUT2D eigenvalue weighted by molar-refractivity contribution is -0.121. The van der Waals surface area contributed by atoms with Crippen molar-refractivity contribution in [3.8, 4) is 11.4 Å². The summed E-state index contributed by atoms with van der Waals surface area (Å²) in [6.45, 7) is 6.58. The molecule has 1 aliphatic heterocycles. The van der Waals surface area contributed by atoms with E-state index in [1.54, 1.807) is 18.2 Å². The fourth-order valence-electron chi connectivity index (χ4n) is 4.18. The molecule has 2 amide bonds. The highest BCUT2D eigenvalue weighted by atomic mass is 16.5. The molecule has 0 saturated carbocycles. The van der Waals surface area contributed by atoms with Gasteiger partial charge in [0, 0.05) is 18.7 Å². The number of para-hydroxylation sites is 1. The van der Waals surface area contributed by atoms with Crippen LogP contribution in [0.3, 0.4) is 0 Å². The van der Waals surface area contributed by atoms with Gasteiger partial charge in [-0.2, -0.15) is 4.98 Å². The van der Waals surface area contributed by atoms with Crippen LogP contribution in [0, 0.1) is 12.8 Å². The molecule has 0 spiro atoms. The van der Waals surface area contributed by atoms with E-state index < -0.39 is 0 Å². The average molecular weight is 462 g/mol. The number of anilines is 1. The summed E-state index contributed by atoms with van der Waals surface area (Å²) in [5, 5.41) is 9.97. The number of hydrogen-bond acceptors (Lipinski definition) is 6. The zero-order valence-electron chi connectivity index (χ0n) is 19.7. The Labute approximate surface area is 199 Å². The smallest absolute Gasteiger partial charge is 0.253 e. The Kier molecular flexibility index (Phi) is 7.69. The molecule has 2 heterocycles. The van der Waals surface area contributed by atoms with Crippen LogP contribution < -0.4 is 10.6 Å². The molecule has 0 radical (unpaired) electrons. The van der Waals surface area contributed by atoms with Crippen LogP contribution in [0.2, 0.25) is 0 Å². The second kappa shape index (κ2) is 11.1. The van der Waals surface area contributed by atoms with Crippen LogP contribution in [0.4, 0.5) is 5.69 Å². The van der Waals surface area contributed by atoms with Gasteiger partial charge in [-0.15, -0.1) is 0 Å². The van der Waals surface area contributed by atoms with Crippen molar-refractivity contribution in [3.63, 3.8) is 0 Å². The molecule has 34 heavy (non-hydrogen) atoms. The minimum Gasteiger partial charge on any atom is -0.352 e. The van der Waals surface area contributed by atoms with Crippen LogP contribution in [0.15, 0.2) is 53.1 Å². The highest BCUT2D eigenvalue weighted by molar-refractivity contribution is 6.04. The van der Waals surface area contributed by atoms with Crippen LogP contribution in [-0.4, -0.2) is 46.5 Å². The molecule has 8 nitrogen and oxygen atoms in total. The second-order valence-corrected chi connectivity index (χ2v) is 8.75. The van der Waals surface area contributed by atoms with Gasteiger partial charge in [0.25, 0.3) is 5.91 Å². The van der Waals surface area contributed by atoms with Crippen molar-refractivity contribution in [2.24, 2.45) is 5.92 Å². The first-order chi connectivity index (χ1) is 16.5. The first-order valence-corrected chi connectivity index (χ1v) is 11.8. The predicted octanol–water partition coefficient (Wildman–Crippen LogP) is 4.04. The van der Waals surface area contributed by atoms with Crippen molar-refractivity contribution in [2.75, 3.05) is 25.0 Å². The SMILES string of the molecule is CCCNC(=O)c1ccccc1NC(=O)C1CCCN(Cc2nc(-c3cccc(C)c3)no2)C1. The number of piperidine rings is 1. The molecule has 1 aromatic heterocycles. The van der Waals surface area contributed by atoms with Crippen molar-refractivity contribution < 1.29 is 14.1 Å². The molecule has 0 bridgehead atoms. The molecule has 1 fully saturated rings. The zero-order valence-corrected chi connectivity index (χ0v) is 19.7. The van der Waals surface area contributed by atoms with Crippen molar-refractivity contribution in [1.29, 1.82) is 0 Å². The second-order valence-electron chi connectivity index (χ2n) is 8.75. The Morgan fingerprint density at radius 2 is 2.03 bits per heavy atom. The van der Waals surface area contributed by atoms with Gasteiger partial charge in [0.1, 0.15) is 0 Å². The summed E-state index contributed by atoms with van der Waals surface area (Å²) in [5.74, 6) is 0.674. The maximum absolute atomic E-state index is 13.1. The summed E-state index contributed by atoms with van der Waals surface area (Å²) < 4.78 is 5.48. The van der Waals surface area contributed by atoms with E-state index in [1.807, 2.05) is 44.2 Å². The summed E-state index contributed by atoms with van der Waals surface area (Å²) in [6, 6.07) is 15.1. The van der Waals surface area contributed by atoms with Crippen molar-refractivity contribution >= 4 is 17.5 Å². The molecule has 4 rings (SSSR count). The largest absolute Gasteiger partial charge is 0.352 e. The zero-order chi connectivity index (χ0) is 23.9. The van der Waals surface area contributed by atoms with Gasteiger partial charge in [0.05, 0.1) is 23.7 Å². The Bertz CT molecular complexity index is 1140. The van der Waals surface area contributed by atoms with Gasteiger partial charge >= 0.3 is 0 Å². The Balaban J connectivity index is 1.37. The summed E-state index contributed by atoms with van der Waals surface area (Å²) in [7, 11) is 0. The number of likely N-dealkylation sites (tertiary alicyclic amines) is 1. The number of rotatable bonds is 8. The summed E-state index contributed by atoms with van der Waals surface area (Å²) in [5.41, 5.74) is 3.08. The molecule has 8 heteroatoms. The molecule has 3 aromatic rings. The van der Waals surface area contributed by atoms with E-state index in [2.05, 4.69) is 25.7 Å². The number of benzene rings is 2. The van der Waals surface area contributed by atoms with E-state index >= 15 is 0 Å². The van der Waals surface area contributed by atoms with Gasteiger partial charge in [0.2, 0.25) is 17.6 Å². The van der Waals surface area contributed by atoms with Crippen LogP contribution >= 0.6 is 0 Å². The van der Waals surface area contributed by atoms with E-state index in [0.717, 1.165) is 36.9 Å². The standard InChI is InChI=1S/C26H31N5O3/c1-3-13-27-26(33)21-11-4-5-12-22(21)28-25(32)20-10-7-14-31(16-20)17-23-29-24(30-34-23)19-9-6-8-18(2)15-19/h4-6,8-9,11-12,15,20H,3,7,10,13-14,16-17H2,1-2H3,(H,27,33)(H,28,32). The molecule has 1 aliphatic rings. The van der Waals surface area contributed by atoms with E-state index in [-0.39, 0.29) is 17.7 Å². The minimum absolute atomic E-state index is 0.0774. The lowest BCUT2D eigenvalue weighted by Gasteiger charge is -2.31. The number of amides is 2. The lowest BCUT2D eigenvalue weighted by Crippen LogP contribution is -2.40. The van der Waals surface area contributed by atoms with E-state index in [1.165, 1.54) is 0 Å². The van der Waals surface area contributed by atoms with E-state index in [4.69, 9.17) is 4.52 Å². The van der Waals surface area contributed by atoms with Gasteiger partial charge in [-0.25, -0.2) is 0 Å². The maximum atomic E-state index is 13.1. The van der Waals surface area contributed by atoms with Crippen molar-refractivity contribution in [1.82, 2.24) is 20.4 Å². The fourth-order valence-corrected chi connectivity index (χ4v) is 4.18. The average Bonchev–Trinajstić information content (AvgIpc) is 3.31. The number of aryl methyl sites for hydroxylation is 1. The number of carbonyl (C=O) groups excluding carboxylic acids is 2. The molecule has 1 saturated heterocycles. The number of nitrogens with zero attached hydrogens (tertiary/aromatic N) is 3. The molecular weight excluding hydrogens is 430 g/mol. The van der Waals surface area contributed by atoms with E-state index in [9.17, 15) is 9.59 Å². The molecule has 1 atom stereocenters. The third-order valence-corrected chi connectivity index (χ3v) is 5.94. The monoisotopic (exact) mass is 461 g/mol. The maximum Gasteiger partial charge on any atom is 0.253 e. The van der Waals surface area contributed by atoms with Crippen LogP contribution in [0.5, 0.6) is 0 Å². The van der Waals surface area contributed by atoms with Crippen molar-refractivity contribution in [3.05, 3.63) is 65.5 Å². The summed E-state index contributed by atoms with van der Waals surface area (Å²) in [6.07, 6.45) is 2.55. The minimum atomic E-state index is -0.181. The fraction of sp³-hybridized carbons (Fsp3) is 0.385. The van der Waals surface area contributed by atoms with Crippen LogP contribution in [-0.2, 0) is 11.3 Å². The third-order valence-electron chi connectivity index (χ3n) is 5.94. The summed E-state index contributed by atoms with van der Waals surface area (Å²) in [4.78, 5) is 32.2. The number of carbonyl (C=O) groups is 2. The normalized spacial score (nSPS) is 16.2. The number of aromatic nitrogens is 2. The molecule has 178 valence electrons. The molecule has 2 aromatic carbocycles. The molecule has 0 aliphatic carbocycles. The first kappa shape index (κ1) is 23.6. The van der Waals surface area contributed by atoms with Crippen molar-refractivity contribution in [2.45, 2.75) is 39.7 Å². The van der Waals surface area contributed by atoms with Gasteiger partial charge in [-0.3, -0.25) is 14.5 Å². The van der Waals surface area contributed by atoms with E-state index in [0.29, 0.717) is 42.6 Å². The molecule has 2 N–H and O–H groups in total. The first-order valence-electron chi connectivity index (χ1n) is 11.8. The molecule has 1 unspecified atom stereocenters. The lowest BCUT2D eigenvalue weighted by atomic mass is 9.96. The molecular formula is C26H31N5O3. The van der Waals surface area contributed by atoms with Crippen LogP contribution in [0.25, 0.3) is 11.4 Å². The quantitative estimate of drug-likeness (QED) is 0.525. The Morgan fingerprint density at radius 3 is 2.85 bits per heavy atom. The van der Waals surface area contributed by atoms with Gasteiger partial charge in [-0.05, 0) is 50.9 Å². The third kappa shape index (κ3) is 5.88. The number of nitrogens with one attached hydrogen (secondary N) is 2. The predicted molar refractivity (Wildman–Crippen MR) is 130 cm³/mol. The Morgan fingerprint density at radius 1 is 1.18 bits per heavy atom. The number of hydrogen-bond donors (Lipinski definition) is 2. The highest BCUT2D eigenvalue weighted by Gasteiger charge is 2.28. The topological polar surface area (TPSA) is 100 Å². The van der Waals surface area contributed by atoms with Crippen LogP contribution in [0.1, 0.15) is 48.0 Å². The Hall–Kier alpha value is -3.52.